The van der Waals surface area contributed by atoms with Crippen LogP contribution in [-0.2, 0) is 4.79 Å². The molecule has 0 radical (unpaired) electrons. The zero-order valence-electron chi connectivity index (χ0n) is 11.2. The maximum atomic E-state index is 11.9. The van der Waals surface area contributed by atoms with Crippen LogP contribution < -0.4 is 4.74 Å². The third-order valence-electron chi connectivity index (χ3n) is 2.49. The van der Waals surface area contributed by atoms with Crippen LogP contribution in [-0.4, -0.2) is 41.6 Å². The number of carbonyl (C=O) groups is 2. The number of carbonyl (C=O) groups excluding carboxylic acids is 1. The zero-order valence-corrected chi connectivity index (χ0v) is 12.0. The van der Waals surface area contributed by atoms with Crippen molar-refractivity contribution in [3.8, 4) is 5.75 Å². The molecule has 19 heavy (non-hydrogen) atoms. The van der Waals surface area contributed by atoms with Gasteiger partial charge in [0, 0.05) is 24.5 Å². The molecule has 0 atom stereocenters. The van der Waals surface area contributed by atoms with Crippen molar-refractivity contribution in [3.05, 3.63) is 16.3 Å². The van der Waals surface area contributed by atoms with Crippen molar-refractivity contribution >= 4 is 23.2 Å². The molecule has 0 aliphatic rings. The Morgan fingerprint density at radius 3 is 2.42 bits per heavy atom. The largest absolute Gasteiger partial charge is 0.483 e. The van der Waals surface area contributed by atoms with Crippen LogP contribution in [0.4, 0.5) is 0 Å². The molecule has 0 spiro atoms. The van der Waals surface area contributed by atoms with Gasteiger partial charge in [0.05, 0.1) is 0 Å². The number of nitrogens with zero attached hydrogens (tertiary/aromatic N) is 1. The second-order valence-corrected chi connectivity index (χ2v) is 5.03. The standard InChI is InChI=1S/C13H19NO4S/c1-3-5-14(6-4-2)12(15)8-18-10-7-11(13(16)17)19-9-10/h7,9H,3-6,8H2,1-2H3,(H,16,17). The lowest BCUT2D eigenvalue weighted by atomic mass is 10.3. The minimum Gasteiger partial charge on any atom is -0.483 e. The number of rotatable bonds is 8. The first kappa shape index (κ1) is 15.5. The summed E-state index contributed by atoms with van der Waals surface area (Å²) < 4.78 is 5.33. The van der Waals surface area contributed by atoms with Crippen molar-refractivity contribution in [2.75, 3.05) is 19.7 Å². The molecule has 0 aromatic carbocycles. The van der Waals surface area contributed by atoms with E-state index in [0.29, 0.717) is 5.75 Å². The lowest BCUT2D eigenvalue weighted by Crippen LogP contribution is -2.36. The number of thiophene rings is 1. The lowest BCUT2D eigenvalue weighted by Gasteiger charge is -2.21. The Morgan fingerprint density at radius 2 is 1.95 bits per heavy atom. The number of carboxylic acids is 1. The summed E-state index contributed by atoms with van der Waals surface area (Å²) in [5, 5.41) is 10.4. The van der Waals surface area contributed by atoms with Gasteiger partial charge in [-0.3, -0.25) is 4.79 Å². The summed E-state index contributed by atoms with van der Waals surface area (Å²) in [7, 11) is 0. The Labute approximate surface area is 116 Å². The van der Waals surface area contributed by atoms with Gasteiger partial charge in [-0.05, 0) is 12.8 Å². The second-order valence-electron chi connectivity index (χ2n) is 4.12. The van der Waals surface area contributed by atoms with Crippen molar-refractivity contribution in [1.29, 1.82) is 0 Å². The summed E-state index contributed by atoms with van der Waals surface area (Å²) in [6.07, 6.45) is 1.82. The SMILES string of the molecule is CCCN(CCC)C(=O)COc1csc(C(=O)O)c1. The third-order valence-corrected chi connectivity index (χ3v) is 3.38. The fraction of sp³-hybridized carbons (Fsp3) is 0.538. The average Bonchev–Trinajstić information content (AvgIpc) is 2.84. The first-order valence-electron chi connectivity index (χ1n) is 6.30. The maximum absolute atomic E-state index is 11.9. The van der Waals surface area contributed by atoms with Gasteiger partial charge in [-0.15, -0.1) is 11.3 Å². The van der Waals surface area contributed by atoms with E-state index in [4.69, 9.17) is 9.84 Å². The Kier molecular flexibility index (Phi) is 6.35. The summed E-state index contributed by atoms with van der Waals surface area (Å²) >= 11 is 1.09. The van der Waals surface area contributed by atoms with Gasteiger partial charge in [0.2, 0.25) is 0 Å². The van der Waals surface area contributed by atoms with E-state index in [0.717, 1.165) is 37.3 Å². The van der Waals surface area contributed by atoms with Crippen molar-refractivity contribution in [2.24, 2.45) is 0 Å². The average molecular weight is 285 g/mol. The maximum Gasteiger partial charge on any atom is 0.346 e. The molecule has 1 N–H and O–H groups in total. The van der Waals surface area contributed by atoms with Crippen LogP contribution >= 0.6 is 11.3 Å². The molecule has 0 unspecified atom stereocenters. The molecular formula is C13H19NO4S. The molecule has 0 bridgehead atoms. The van der Waals surface area contributed by atoms with E-state index in [9.17, 15) is 9.59 Å². The van der Waals surface area contributed by atoms with Crippen LogP contribution in [0.5, 0.6) is 5.75 Å². The predicted octanol–water partition coefficient (Wildman–Crippen LogP) is 2.47. The normalized spacial score (nSPS) is 10.2. The van der Waals surface area contributed by atoms with Crippen molar-refractivity contribution < 1.29 is 19.4 Å². The van der Waals surface area contributed by atoms with Gasteiger partial charge in [-0.1, -0.05) is 13.8 Å². The van der Waals surface area contributed by atoms with Crippen LogP contribution in [0.2, 0.25) is 0 Å². The Bertz CT molecular complexity index is 424. The highest BCUT2D eigenvalue weighted by Gasteiger charge is 2.13. The molecule has 0 aliphatic carbocycles. The zero-order chi connectivity index (χ0) is 14.3. The summed E-state index contributed by atoms with van der Waals surface area (Å²) in [4.78, 5) is 24.6. The number of aromatic carboxylic acids is 1. The molecular weight excluding hydrogens is 266 g/mol. The van der Waals surface area contributed by atoms with Crippen LogP contribution in [0.3, 0.4) is 0 Å². The minimum absolute atomic E-state index is 0.0458. The first-order valence-corrected chi connectivity index (χ1v) is 7.18. The van der Waals surface area contributed by atoms with Gasteiger partial charge in [0.25, 0.3) is 5.91 Å². The number of hydrogen-bond donors (Lipinski definition) is 1. The topological polar surface area (TPSA) is 66.8 Å². The van der Waals surface area contributed by atoms with Crippen LogP contribution in [0.1, 0.15) is 36.4 Å². The van der Waals surface area contributed by atoms with Crippen LogP contribution in [0, 0.1) is 0 Å². The monoisotopic (exact) mass is 285 g/mol. The smallest absolute Gasteiger partial charge is 0.346 e. The van der Waals surface area contributed by atoms with E-state index in [1.54, 1.807) is 10.3 Å². The van der Waals surface area contributed by atoms with Crippen molar-refractivity contribution in [3.63, 3.8) is 0 Å². The fourth-order valence-electron chi connectivity index (χ4n) is 1.64. The molecule has 1 amide bonds. The van der Waals surface area contributed by atoms with E-state index < -0.39 is 5.97 Å². The van der Waals surface area contributed by atoms with Crippen molar-refractivity contribution in [1.82, 2.24) is 4.90 Å². The predicted molar refractivity (Wildman–Crippen MR) is 73.9 cm³/mol. The first-order chi connectivity index (χ1) is 9.08. The quantitative estimate of drug-likeness (QED) is 0.796. The highest BCUT2D eigenvalue weighted by molar-refractivity contribution is 7.12. The molecule has 5 nitrogen and oxygen atoms in total. The lowest BCUT2D eigenvalue weighted by molar-refractivity contribution is -0.133. The fourth-order valence-corrected chi connectivity index (χ4v) is 2.31. The van der Waals surface area contributed by atoms with Gasteiger partial charge >= 0.3 is 5.97 Å². The summed E-state index contributed by atoms with van der Waals surface area (Å²) in [6.45, 7) is 5.44. The second kappa shape index (κ2) is 7.78. The Hall–Kier alpha value is -1.56. The Morgan fingerprint density at radius 1 is 1.32 bits per heavy atom. The molecule has 1 heterocycles. The number of carboxylic acid groups (broad SMARTS) is 1. The minimum atomic E-state index is -0.982. The highest BCUT2D eigenvalue weighted by atomic mass is 32.1. The van der Waals surface area contributed by atoms with Crippen molar-refractivity contribution in [2.45, 2.75) is 26.7 Å². The van der Waals surface area contributed by atoms with E-state index in [-0.39, 0.29) is 17.4 Å². The molecule has 0 fully saturated rings. The molecule has 1 aromatic heterocycles. The number of hydrogen-bond acceptors (Lipinski definition) is 4. The molecule has 0 saturated carbocycles. The highest BCUT2D eigenvalue weighted by Crippen LogP contribution is 2.21. The van der Waals surface area contributed by atoms with E-state index in [1.165, 1.54) is 6.07 Å². The summed E-state index contributed by atoms with van der Waals surface area (Å²) in [6, 6.07) is 1.43. The molecule has 0 aliphatic heterocycles. The molecule has 0 saturated heterocycles. The van der Waals surface area contributed by atoms with Gasteiger partial charge in [0.15, 0.2) is 6.61 Å². The molecule has 1 aromatic rings. The van der Waals surface area contributed by atoms with Crippen LogP contribution in [0.25, 0.3) is 0 Å². The third kappa shape index (κ3) is 4.90. The van der Waals surface area contributed by atoms with Gasteiger partial charge in [0.1, 0.15) is 10.6 Å². The molecule has 106 valence electrons. The van der Waals surface area contributed by atoms with Crippen LogP contribution in [0.15, 0.2) is 11.4 Å². The Balaban J connectivity index is 2.49. The summed E-state index contributed by atoms with van der Waals surface area (Å²) in [5.41, 5.74) is 0. The van der Waals surface area contributed by atoms with E-state index in [1.807, 2.05) is 13.8 Å². The number of ether oxygens (including phenoxy) is 1. The molecule has 1 rings (SSSR count). The van der Waals surface area contributed by atoms with Gasteiger partial charge < -0.3 is 14.7 Å². The number of amides is 1. The van der Waals surface area contributed by atoms with Gasteiger partial charge in [-0.25, -0.2) is 4.79 Å². The summed E-state index contributed by atoms with van der Waals surface area (Å²) in [5.74, 6) is -0.611. The van der Waals surface area contributed by atoms with E-state index >= 15 is 0 Å². The van der Waals surface area contributed by atoms with Gasteiger partial charge in [-0.2, -0.15) is 0 Å². The van der Waals surface area contributed by atoms with E-state index in [2.05, 4.69) is 0 Å². The molecule has 6 heteroatoms.